The Morgan fingerprint density at radius 1 is 1.41 bits per heavy atom. The molecule has 90 valence electrons. The summed E-state index contributed by atoms with van der Waals surface area (Å²) in [5.41, 5.74) is 2.66. The highest BCUT2D eigenvalue weighted by molar-refractivity contribution is 7.09. The van der Waals surface area contributed by atoms with E-state index in [0.717, 1.165) is 12.1 Å². The Balaban J connectivity index is 1.90. The summed E-state index contributed by atoms with van der Waals surface area (Å²) in [5, 5.41) is 13.0. The lowest BCUT2D eigenvalue weighted by Crippen LogP contribution is -2.11. The summed E-state index contributed by atoms with van der Waals surface area (Å²) in [6.07, 6.45) is 1.84. The lowest BCUT2D eigenvalue weighted by atomic mass is 10.2. The molecule has 1 aromatic carbocycles. The van der Waals surface area contributed by atoms with Crippen molar-refractivity contribution in [1.29, 1.82) is 0 Å². The summed E-state index contributed by atoms with van der Waals surface area (Å²) in [5.74, 6) is 0.912. The molecule has 0 atom stereocenters. The van der Waals surface area contributed by atoms with Gasteiger partial charge in [-0.2, -0.15) is 0 Å². The van der Waals surface area contributed by atoms with Crippen molar-refractivity contribution in [3.63, 3.8) is 0 Å². The molecule has 0 aliphatic carbocycles. The average Bonchev–Trinajstić information content (AvgIpc) is 2.84. The van der Waals surface area contributed by atoms with Crippen molar-refractivity contribution in [3.05, 3.63) is 40.3 Å². The van der Waals surface area contributed by atoms with Crippen LogP contribution < -0.4 is 10.1 Å². The van der Waals surface area contributed by atoms with Crippen LogP contribution in [-0.2, 0) is 13.1 Å². The van der Waals surface area contributed by atoms with Gasteiger partial charge in [0.2, 0.25) is 0 Å². The maximum absolute atomic E-state index is 9.75. The van der Waals surface area contributed by atoms with Crippen molar-refractivity contribution >= 4 is 11.3 Å². The lowest BCUT2D eigenvalue weighted by molar-refractivity contribution is 0.406. The number of aromatic nitrogens is 1. The summed E-state index contributed by atoms with van der Waals surface area (Å²) in [6, 6.07) is 5.31. The van der Waals surface area contributed by atoms with Gasteiger partial charge in [-0.25, -0.2) is 0 Å². The van der Waals surface area contributed by atoms with Crippen LogP contribution >= 0.6 is 11.3 Å². The minimum absolute atomic E-state index is 0.251. The van der Waals surface area contributed by atoms with E-state index in [1.165, 1.54) is 4.88 Å². The molecule has 0 aliphatic heterocycles. The first-order chi connectivity index (χ1) is 8.29. The standard InChI is InChI=1S/C12H14N2O2S/c1-16-10-3-2-9(12(15)4-10)5-13-6-11-7-14-8-17-11/h2-4,7-8,13,15H,5-6H2,1H3. The molecule has 2 rings (SSSR count). The monoisotopic (exact) mass is 250 g/mol. The maximum Gasteiger partial charge on any atom is 0.123 e. The third-order valence-electron chi connectivity index (χ3n) is 2.39. The number of nitrogens with zero attached hydrogens (tertiary/aromatic N) is 1. The summed E-state index contributed by atoms with van der Waals surface area (Å²) in [6.45, 7) is 1.38. The fraction of sp³-hybridized carbons (Fsp3) is 0.250. The predicted octanol–water partition coefficient (Wildman–Crippen LogP) is 2.15. The number of methoxy groups -OCH3 is 1. The lowest BCUT2D eigenvalue weighted by Gasteiger charge is -2.07. The van der Waals surface area contributed by atoms with Crippen molar-refractivity contribution in [2.24, 2.45) is 0 Å². The summed E-state index contributed by atoms with van der Waals surface area (Å²) in [7, 11) is 1.58. The smallest absolute Gasteiger partial charge is 0.123 e. The fourth-order valence-corrected chi connectivity index (χ4v) is 2.03. The van der Waals surface area contributed by atoms with Crippen LogP contribution in [0.4, 0.5) is 0 Å². The zero-order valence-electron chi connectivity index (χ0n) is 9.51. The molecule has 0 spiro atoms. The van der Waals surface area contributed by atoms with E-state index in [1.807, 2.05) is 23.8 Å². The molecule has 2 N–H and O–H groups in total. The second-order valence-corrected chi connectivity index (χ2v) is 4.54. The second kappa shape index (κ2) is 5.65. The first kappa shape index (κ1) is 11.9. The number of ether oxygens (including phenoxy) is 1. The number of hydrogen-bond acceptors (Lipinski definition) is 5. The molecule has 0 aliphatic rings. The molecule has 17 heavy (non-hydrogen) atoms. The van der Waals surface area contributed by atoms with Gasteiger partial charge >= 0.3 is 0 Å². The third kappa shape index (κ3) is 3.18. The van der Waals surface area contributed by atoms with Crippen molar-refractivity contribution in [2.75, 3.05) is 7.11 Å². The molecule has 0 bridgehead atoms. The molecule has 0 fully saturated rings. The Bertz CT molecular complexity index is 471. The van der Waals surface area contributed by atoms with Crippen molar-refractivity contribution in [3.8, 4) is 11.5 Å². The molecule has 0 radical (unpaired) electrons. The second-order valence-electron chi connectivity index (χ2n) is 3.57. The maximum atomic E-state index is 9.75. The third-order valence-corrected chi connectivity index (χ3v) is 3.17. The molecule has 0 saturated heterocycles. The van der Waals surface area contributed by atoms with Crippen molar-refractivity contribution in [1.82, 2.24) is 10.3 Å². The number of rotatable bonds is 5. The van der Waals surface area contributed by atoms with Crippen LogP contribution in [0.5, 0.6) is 11.5 Å². The first-order valence-corrected chi connectivity index (χ1v) is 6.11. The van der Waals surface area contributed by atoms with Gasteiger partial charge in [-0.1, -0.05) is 6.07 Å². The van der Waals surface area contributed by atoms with E-state index in [-0.39, 0.29) is 5.75 Å². The van der Waals surface area contributed by atoms with Gasteiger partial charge in [0.25, 0.3) is 0 Å². The largest absolute Gasteiger partial charge is 0.507 e. The van der Waals surface area contributed by atoms with Crippen molar-refractivity contribution in [2.45, 2.75) is 13.1 Å². The number of thiazole rings is 1. The minimum atomic E-state index is 0.251. The number of phenols is 1. The predicted molar refractivity (Wildman–Crippen MR) is 67.3 cm³/mol. The molecule has 2 aromatic rings. The quantitative estimate of drug-likeness (QED) is 0.853. The van der Waals surface area contributed by atoms with E-state index in [2.05, 4.69) is 10.3 Å². The van der Waals surface area contributed by atoms with Crippen LogP contribution in [0.3, 0.4) is 0 Å². The molecule has 5 heteroatoms. The molecule has 0 amide bonds. The van der Waals surface area contributed by atoms with E-state index in [0.29, 0.717) is 12.3 Å². The Kier molecular flexibility index (Phi) is 3.95. The summed E-state index contributed by atoms with van der Waals surface area (Å²) < 4.78 is 5.03. The molecule has 0 saturated carbocycles. The highest BCUT2D eigenvalue weighted by atomic mass is 32.1. The first-order valence-electron chi connectivity index (χ1n) is 5.23. The van der Waals surface area contributed by atoms with Gasteiger partial charge in [0, 0.05) is 35.8 Å². The van der Waals surface area contributed by atoms with E-state index in [1.54, 1.807) is 24.5 Å². The van der Waals surface area contributed by atoms with Gasteiger partial charge < -0.3 is 15.2 Å². The van der Waals surface area contributed by atoms with E-state index in [4.69, 9.17) is 4.74 Å². The number of aromatic hydroxyl groups is 1. The summed E-state index contributed by atoms with van der Waals surface area (Å²) in [4.78, 5) is 5.18. The topological polar surface area (TPSA) is 54.4 Å². The van der Waals surface area contributed by atoms with Crippen molar-refractivity contribution < 1.29 is 9.84 Å². The van der Waals surface area contributed by atoms with Gasteiger partial charge in [-0.05, 0) is 6.07 Å². The van der Waals surface area contributed by atoms with Crippen LogP contribution in [0.15, 0.2) is 29.9 Å². The molecule has 0 unspecified atom stereocenters. The van der Waals surface area contributed by atoms with Gasteiger partial charge in [0.1, 0.15) is 11.5 Å². The molecule has 4 nitrogen and oxygen atoms in total. The minimum Gasteiger partial charge on any atom is -0.507 e. The van der Waals surface area contributed by atoms with Gasteiger partial charge in [-0.15, -0.1) is 11.3 Å². The van der Waals surface area contributed by atoms with Gasteiger partial charge in [0.15, 0.2) is 0 Å². The Morgan fingerprint density at radius 3 is 2.94 bits per heavy atom. The van der Waals surface area contributed by atoms with Crippen LogP contribution in [0.2, 0.25) is 0 Å². The van der Waals surface area contributed by atoms with Crippen LogP contribution in [0.25, 0.3) is 0 Å². The number of nitrogens with one attached hydrogen (secondary N) is 1. The van der Waals surface area contributed by atoms with Crippen LogP contribution in [0, 0.1) is 0 Å². The molecule has 1 heterocycles. The number of phenolic OH excluding ortho intramolecular Hbond substituents is 1. The van der Waals surface area contributed by atoms with Gasteiger partial charge in [-0.3, -0.25) is 4.98 Å². The fourth-order valence-electron chi connectivity index (χ4n) is 1.47. The Morgan fingerprint density at radius 2 is 2.29 bits per heavy atom. The zero-order chi connectivity index (χ0) is 12.1. The molecular weight excluding hydrogens is 236 g/mol. The highest BCUT2D eigenvalue weighted by Crippen LogP contribution is 2.23. The Labute approximate surface area is 104 Å². The molecule has 1 aromatic heterocycles. The average molecular weight is 250 g/mol. The number of hydrogen-bond donors (Lipinski definition) is 2. The van der Waals surface area contributed by atoms with E-state index < -0.39 is 0 Å². The van der Waals surface area contributed by atoms with Crippen LogP contribution in [0.1, 0.15) is 10.4 Å². The number of benzene rings is 1. The van der Waals surface area contributed by atoms with E-state index >= 15 is 0 Å². The van der Waals surface area contributed by atoms with E-state index in [9.17, 15) is 5.11 Å². The SMILES string of the molecule is COc1ccc(CNCc2cncs2)c(O)c1. The molecular formula is C12H14N2O2S. The Hall–Kier alpha value is -1.59. The zero-order valence-corrected chi connectivity index (χ0v) is 10.3. The van der Waals surface area contributed by atoms with Gasteiger partial charge in [0.05, 0.1) is 12.6 Å². The summed E-state index contributed by atoms with van der Waals surface area (Å²) >= 11 is 1.61. The van der Waals surface area contributed by atoms with Crippen LogP contribution in [-0.4, -0.2) is 17.2 Å². The highest BCUT2D eigenvalue weighted by Gasteiger charge is 2.03. The normalized spacial score (nSPS) is 10.4.